The van der Waals surface area contributed by atoms with Gasteiger partial charge in [-0.3, -0.25) is 9.79 Å². The zero-order valence-electron chi connectivity index (χ0n) is 13.3. The molecule has 1 aromatic rings. The first-order chi connectivity index (χ1) is 10.7. The van der Waals surface area contributed by atoms with E-state index >= 15 is 0 Å². The van der Waals surface area contributed by atoms with Crippen molar-refractivity contribution in [2.24, 2.45) is 4.99 Å². The Kier molecular flexibility index (Phi) is 5.47. The lowest BCUT2D eigenvalue weighted by Gasteiger charge is -2.28. The van der Waals surface area contributed by atoms with Crippen molar-refractivity contribution in [2.75, 3.05) is 20.8 Å². The first-order valence-electron chi connectivity index (χ1n) is 7.47. The molecular weight excluding hydrogens is 279 g/mol. The Morgan fingerprint density at radius 2 is 1.95 bits per heavy atom. The molecule has 1 atom stereocenters. The van der Waals surface area contributed by atoms with Gasteiger partial charge in [-0.15, -0.1) is 0 Å². The summed E-state index contributed by atoms with van der Waals surface area (Å²) in [5.74, 6) is 1.01. The van der Waals surface area contributed by atoms with E-state index in [0.717, 1.165) is 12.8 Å². The summed E-state index contributed by atoms with van der Waals surface area (Å²) in [7, 11) is 8.78. The van der Waals surface area contributed by atoms with Crippen LogP contribution in [0.2, 0.25) is 6.32 Å². The average molecular weight is 300 g/mol. The second kappa shape index (κ2) is 7.34. The van der Waals surface area contributed by atoms with Crippen LogP contribution in [0.4, 0.5) is 5.69 Å². The zero-order valence-corrected chi connectivity index (χ0v) is 13.3. The summed E-state index contributed by atoms with van der Waals surface area (Å²) < 4.78 is 10.6. The Morgan fingerprint density at radius 1 is 1.27 bits per heavy atom. The van der Waals surface area contributed by atoms with E-state index in [1.165, 1.54) is 0 Å². The maximum absolute atomic E-state index is 12.9. The Labute approximate surface area is 132 Å². The third kappa shape index (κ3) is 3.10. The van der Waals surface area contributed by atoms with Crippen molar-refractivity contribution in [3.63, 3.8) is 0 Å². The van der Waals surface area contributed by atoms with Crippen molar-refractivity contribution in [1.29, 1.82) is 0 Å². The molecule has 0 fully saturated rings. The van der Waals surface area contributed by atoms with Crippen LogP contribution in [0.5, 0.6) is 11.5 Å². The van der Waals surface area contributed by atoms with E-state index in [1.807, 2.05) is 6.21 Å². The minimum atomic E-state index is -0.0719. The van der Waals surface area contributed by atoms with Crippen molar-refractivity contribution in [1.82, 2.24) is 4.90 Å². The predicted molar refractivity (Wildman–Crippen MR) is 88.0 cm³/mol. The van der Waals surface area contributed by atoms with Crippen molar-refractivity contribution in [3.8, 4) is 11.5 Å². The number of hydrogen-bond acceptors (Lipinski definition) is 4. The van der Waals surface area contributed by atoms with Gasteiger partial charge in [-0.25, -0.2) is 0 Å². The van der Waals surface area contributed by atoms with Crippen LogP contribution in [0.15, 0.2) is 17.1 Å². The second-order valence-corrected chi connectivity index (χ2v) is 5.15. The number of carbonyl (C=O) groups is 1. The topological polar surface area (TPSA) is 51.1 Å². The van der Waals surface area contributed by atoms with Gasteiger partial charge in [0.25, 0.3) is 5.91 Å². The highest BCUT2D eigenvalue weighted by molar-refractivity contribution is 6.09. The molecule has 6 heteroatoms. The SMILES string of the molecule is [B]CCN1C(=O)c2cc(OC)c(OC)cc2N=C[C@@H]1CCC. The van der Waals surface area contributed by atoms with Gasteiger partial charge in [-0.05, 0) is 12.5 Å². The third-order valence-corrected chi connectivity index (χ3v) is 3.73. The molecule has 0 bridgehead atoms. The third-order valence-electron chi connectivity index (χ3n) is 3.73. The molecule has 1 heterocycles. The van der Waals surface area contributed by atoms with Gasteiger partial charge >= 0.3 is 0 Å². The molecular formula is C16H21BN2O3. The average Bonchev–Trinajstić information content (AvgIpc) is 2.66. The number of hydrogen-bond donors (Lipinski definition) is 0. The van der Waals surface area contributed by atoms with Gasteiger partial charge in [0.15, 0.2) is 11.5 Å². The summed E-state index contributed by atoms with van der Waals surface area (Å²) in [6, 6.07) is 3.38. The van der Waals surface area contributed by atoms with E-state index < -0.39 is 0 Å². The normalized spacial score (nSPS) is 17.1. The number of amides is 1. The van der Waals surface area contributed by atoms with Gasteiger partial charge < -0.3 is 14.4 Å². The fourth-order valence-corrected chi connectivity index (χ4v) is 2.63. The molecule has 0 spiro atoms. The van der Waals surface area contributed by atoms with Gasteiger partial charge in [0, 0.05) is 18.8 Å². The molecule has 0 saturated carbocycles. The van der Waals surface area contributed by atoms with E-state index in [-0.39, 0.29) is 11.9 Å². The molecule has 1 aliphatic heterocycles. The van der Waals surface area contributed by atoms with Crippen LogP contribution in [0, 0.1) is 0 Å². The summed E-state index contributed by atoms with van der Waals surface area (Å²) in [4.78, 5) is 19.1. The highest BCUT2D eigenvalue weighted by Gasteiger charge is 2.28. The van der Waals surface area contributed by atoms with E-state index in [9.17, 15) is 4.79 Å². The van der Waals surface area contributed by atoms with Crippen LogP contribution in [0.1, 0.15) is 30.1 Å². The van der Waals surface area contributed by atoms with Gasteiger partial charge in [-0.1, -0.05) is 19.7 Å². The second-order valence-electron chi connectivity index (χ2n) is 5.15. The first-order valence-corrected chi connectivity index (χ1v) is 7.47. The van der Waals surface area contributed by atoms with Gasteiger partial charge in [0.1, 0.15) is 0 Å². The van der Waals surface area contributed by atoms with Gasteiger partial charge in [0.05, 0.1) is 39.4 Å². The van der Waals surface area contributed by atoms with Crippen molar-refractivity contribution >= 4 is 25.7 Å². The number of methoxy groups -OCH3 is 2. The standard InChI is InChI=1S/C16H21BN2O3/c1-4-5-11-10-18-13-9-15(22-3)14(21-2)8-12(13)16(20)19(11)7-6-17/h8-11H,4-7H2,1-3H3/t11-/m0/s1. The summed E-state index contributed by atoms with van der Waals surface area (Å²) in [5.41, 5.74) is 1.12. The molecule has 1 aromatic carbocycles. The monoisotopic (exact) mass is 300 g/mol. The van der Waals surface area contributed by atoms with Crippen LogP contribution in [-0.4, -0.2) is 51.7 Å². The minimum Gasteiger partial charge on any atom is -0.493 e. The minimum absolute atomic E-state index is 0.0366. The number of rotatable bonds is 6. The van der Waals surface area contributed by atoms with Crippen molar-refractivity contribution in [2.45, 2.75) is 32.1 Å². The number of carbonyl (C=O) groups excluding carboxylic acids is 1. The maximum Gasteiger partial charge on any atom is 0.256 e. The molecule has 0 saturated heterocycles. The molecule has 0 aliphatic carbocycles. The highest BCUT2D eigenvalue weighted by Crippen LogP contribution is 2.36. The molecule has 1 aliphatic rings. The quantitative estimate of drug-likeness (QED) is 0.759. The number of aliphatic imine (C=N–C) groups is 1. The van der Waals surface area contributed by atoms with Crippen LogP contribution >= 0.6 is 0 Å². The molecule has 5 nitrogen and oxygen atoms in total. The smallest absolute Gasteiger partial charge is 0.256 e. The van der Waals surface area contributed by atoms with E-state index in [1.54, 1.807) is 31.3 Å². The Hall–Kier alpha value is -1.98. The largest absolute Gasteiger partial charge is 0.493 e. The van der Waals surface area contributed by atoms with E-state index in [0.29, 0.717) is 35.6 Å². The first kappa shape index (κ1) is 16.4. The van der Waals surface area contributed by atoms with Gasteiger partial charge in [-0.2, -0.15) is 0 Å². The van der Waals surface area contributed by atoms with Crippen LogP contribution in [0.25, 0.3) is 0 Å². The Bertz CT molecular complexity index is 575. The van der Waals surface area contributed by atoms with Gasteiger partial charge in [0.2, 0.25) is 0 Å². The molecule has 2 rings (SSSR count). The van der Waals surface area contributed by atoms with Crippen molar-refractivity contribution < 1.29 is 14.3 Å². The summed E-state index contributed by atoms with van der Waals surface area (Å²) in [6.07, 6.45) is 4.07. The maximum atomic E-state index is 12.9. The highest BCUT2D eigenvalue weighted by atomic mass is 16.5. The van der Waals surface area contributed by atoms with Crippen LogP contribution < -0.4 is 9.47 Å². The lowest BCUT2D eigenvalue weighted by Crippen LogP contribution is -2.41. The van der Waals surface area contributed by atoms with Crippen LogP contribution in [-0.2, 0) is 0 Å². The number of ether oxygens (including phenoxy) is 2. The van der Waals surface area contributed by atoms with Crippen LogP contribution in [0.3, 0.4) is 0 Å². The van der Waals surface area contributed by atoms with E-state index in [2.05, 4.69) is 11.9 Å². The fraction of sp³-hybridized carbons (Fsp3) is 0.500. The molecule has 0 aromatic heterocycles. The van der Waals surface area contributed by atoms with Crippen molar-refractivity contribution in [3.05, 3.63) is 17.7 Å². The Balaban J connectivity index is 2.50. The Morgan fingerprint density at radius 3 is 2.55 bits per heavy atom. The molecule has 116 valence electrons. The number of nitrogens with zero attached hydrogens (tertiary/aromatic N) is 2. The summed E-state index contributed by atoms with van der Waals surface area (Å²) in [5, 5.41) is 0. The lowest BCUT2D eigenvalue weighted by atomic mass is 10.0. The molecule has 2 radical (unpaired) electrons. The predicted octanol–water partition coefficient (Wildman–Crippen LogP) is 2.62. The molecule has 22 heavy (non-hydrogen) atoms. The molecule has 0 N–H and O–H groups in total. The van der Waals surface area contributed by atoms with E-state index in [4.69, 9.17) is 17.3 Å². The summed E-state index contributed by atoms with van der Waals surface area (Å²) >= 11 is 0. The zero-order chi connectivity index (χ0) is 16.1. The molecule has 0 unspecified atom stereocenters. The molecule has 1 amide bonds. The number of benzene rings is 1. The fourth-order valence-electron chi connectivity index (χ4n) is 2.63. The summed E-state index contributed by atoms with van der Waals surface area (Å²) in [6.45, 7) is 2.59. The lowest BCUT2D eigenvalue weighted by molar-refractivity contribution is 0.0735. The number of fused-ring (bicyclic) bond motifs is 1.